The lowest BCUT2D eigenvalue weighted by Gasteiger charge is -2.33. The lowest BCUT2D eigenvalue weighted by Crippen LogP contribution is -2.57. The number of hydrogen-bond acceptors (Lipinski definition) is 4. The normalized spacial score (nSPS) is 18.7. The van der Waals surface area contributed by atoms with Gasteiger partial charge in [-0.1, -0.05) is 19.8 Å². The molecular formula is C12H20N2O3. The first-order chi connectivity index (χ1) is 8.08. The number of rotatable bonds is 5. The molecule has 0 aromatic rings. The molecule has 0 atom stereocenters. The molecule has 96 valence electrons. The largest absolute Gasteiger partial charge is 0.394 e. The highest BCUT2D eigenvalue weighted by atomic mass is 16.3. The van der Waals surface area contributed by atoms with Crippen molar-refractivity contribution in [3.63, 3.8) is 0 Å². The van der Waals surface area contributed by atoms with E-state index in [0.29, 0.717) is 19.3 Å². The van der Waals surface area contributed by atoms with Gasteiger partial charge in [0.15, 0.2) is 0 Å². The molecule has 1 fully saturated rings. The molecule has 1 aliphatic carbocycles. The van der Waals surface area contributed by atoms with Crippen molar-refractivity contribution < 1.29 is 15.0 Å². The molecule has 5 nitrogen and oxygen atoms in total. The molecule has 0 saturated heterocycles. The predicted octanol–water partition coefficient (Wildman–Crippen LogP) is 0.320. The van der Waals surface area contributed by atoms with E-state index in [4.69, 9.17) is 5.26 Å². The number of carbonyl (C=O) groups is 1. The Labute approximate surface area is 101 Å². The van der Waals surface area contributed by atoms with Crippen LogP contribution in [0.5, 0.6) is 0 Å². The molecule has 0 aromatic heterocycles. The van der Waals surface area contributed by atoms with Gasteiger partial charge >= 0.3 is 0 Å². The zero-order chi connectivity index (χ0) is 12.9. The standard InChI is InChI=1S/C12H20N2O3/c1-2-12(8-15,9-16)14-10(17)11(7-13)5-3-4-6-11/h15-16H,2-6,8-9H2,1H3,(H,14,17). The quantitative estimate of drug-likeness (QED) is 0.645. The van der Waals surface area contributed by atoms with Gasteiger partial charge in [-0.3, -0.25) is 4.79 Å². The van der Waals surface area contributed by atoms with Crippen molar-refractivity contribution in [3.8, 4) is 6.07 Å². The van der Waals surface area contributed by atoms with Crippen molar-refractivity contribution in [1.82, 2.24) is 5.32 Å². The van der Waals surface area contributed by atoms with Crippen molar-refractivity contribution in [2.75, 3.05) is 13.2 Å². The third-order valence-electron chi connectivity index (χ3n) is 3.77. The van der Waals surface area contributed by atoms with E-state index in [2.05, 4.69) is 11.4 Å². The number of nitrogens with zero attached hydrogens (tertiary/aromatic N) is 1. The van der Waals surface area contributed by atoms with Gasteiger partial charge in [-0.25, -0.2) is 0 Å². The topological polar surface area (TPSA) is 93.3 Å². The fourth-order valence-corrected chi connectivity index (χ4v) is 2.17. The first-order valence-corrected chi connectivity index (χ1v) is 6.04. The lowest BCUT2D eigenvalue weighted by atomic mass is 9.85. The Morgan fingerprint density at radius 3 is 2.29 bits per heavy atom. The minimum atomic E-state index is -1.01. The number of nitriles is 1. The zero-order valence-electron chi connectivity index (χ0n) is 10.2. The maximum atomic E-state index is 12.1. The SMILES string of the molecule is CCC(CO)(CO)NC(=O)C1(C#N)CCCC1. The molecule has 0 aromatic carbocycles. The van der Waals surface area contributed by atoms with E-state index in [1.165, 1.54) is 0 Å². The maximum absolute atomic E-state index is 12.1. The minimum Gasteiger partial charge on any atom is -0.394 e. The second kappa shape index (κ2) is 5.48. The van der Waals surface area contributed by atoms with E-state index >= 15 is 0 Å². The summed E-state index contributed by atoms with van der Waals surface area (Å²) in [6.07, 6.45) is 3.29. The van der Waals surface area contributed by atoms with Crippen molar-refractivity contribution in [2.24, 2.45) is 5.41 Å². The van der Waals surface area contributed by atoms with Crippen LogP contribution < -0.4 is 5.32 Å². The molecular weight excluding hydrogens is 220 g/mol. The van der Waals surface area contributed by atoms with Gasteiger partial charge in [0, 0.05) is 0 Å². The van der Waals surface area contributed by atoms with Crippen LogP contribution in [0.3, 0.4) is 0 Å². The fourth-order valence-electron chi connectivity index (χ4n) is 2.17. The molecule has 0 radical (unpaired) electrons. The number of aliphatic hydroxyl groups excluding tert-OH is 2. The third kappa shape index (κ3) is 2.59. The highest BCUT2D eigenvalue weighted by molar-refractivity contribution is 5.86. The third-order valence-corrected chi connectivity index (χ3v) is 3.77. The number of amides is 1. The van der Waals surface area contributed by atoms with E-state index in [1.54, 1.807) is 6.92 Å². The van der Waals surface area contributed by atoms with Gasteiger partial charge in [-0.2, -0.15) is 5.26 Å². The Hall–Kier alpha value is -1.12. The fraction of sp³-hybridized carbons (Fsp3) is 0.833. The van der Waals surface area contributed by atoms with Crippen LogP contribution in [0.2, 0.25) is 0 Å². The molecule has 5 heteroatoms. The van der Waals surface area contributed by atoms with Crippen LogP contribution in [-0.2, 0) is 4.79 Å². The van der Waals surface area contributed by atoms with Gasteiger partial charge < -0.3 is 15.5 Å². The summed E-state index contributed by atoms with van der Waals surface area (Å²) in [4.78, 5) is 12.1. The highest BCUT2D eigenvalue weighted by Gasteiger charge is 2.44. The zero-order valence-corrected chi connectivity index (χ0v) is 10.2. The number of aliphatic hydroxyl groups is 2. The predicted molar refractivity (Wildman–Crippen MR) is 61.9 cm³/mol. The van der Waals surface area contributed by atoms with Gasteiger partial charge in [0.05, 0.1) is 24.8 Å². The van der Waals surface area contributed by atoms with Crippen molar-refractivity contribution in [2.45, 2.75) is 44.6 Å². The van der Waals surface area contributed by atoms with E-state index in [-0.39, 0.29) is 19.1 Å². The van der Waals surface area contributed by atoms with E-state index < -0.39 is 11.0 Å². The molecule has 1 rings (SSSR count). The molecule has 1 aliphatic rings. The maximum Gasteiger partial charge on any atom is 0.241 e. The molecule has 0 bridgehead atoms. The summed E-state index contributed by atoms with van der Waals surface area (Å²) in [5, 5.41) is 30.4. The lowest BCUT2D eigenvalue weighted by molar-refractivity contribution is -0.131. The Morgan fingerprint density at radius 1 is 1.41 bits per heavy atom. The number of carbonyl (C=O) groups excluding carboxylic acids is 1. The molecule has 0 spiro atoms. The second-order valence-corrected chi connectivity index (χ2v) is 4.81. The van der Waals surface area contributed by atoms with Gasteiger partial charge in [-0.05, 0) is 19.3 Å². The van der Waals surface area contributed by atoms with E-state index in [0.717, 1.165) is 12.8 Å². The van der Waals surface area contributed by atoms with Crippen LogP contribution in [0.25, 0.3) is 0 Å². The van der Waals surface area contributed by atoms with Gasteiger partial charge in [0.2, 0.25) is 5.91 Å². The summed E-state index contributed by atoms with van der Waals surface area (Å²) in [5.74, 6) is -0.359. The molecule has 0 unspecified atom stereocenters. The molecule has 1 amide bonds. The Kier molecular flexibility index (Phi) is 4.49. The van der Waals surface area contributed by atoms with Crippen LogP contribution in [-0.4, -0.2) is 34.9 Å². The second-order valence-electron chi connectivity index (χ2n) is 4.81. The average molecular weight is 240 g/mol. The van der Waals surface area contributed by atoms with Crippen molar-refractivity contribution in [1.29, 1.82) is 5.26 Å². The summed E-state index contributed by atoms with van der Waals surface area (Å²) in [5.41, 5.74) is -1.98. The molecule has 0 aliphatic heterocycles. The molecule has 0 heterocycles. The first kappa shape index (κ1) is 13.9. The van der Waals surface area contributed by atoms with E-state index in [1.807, 2.05) is 0 Å². The first-order valence-electron chi connectivity index (χ1n) is 6.04. The van der Waals surface area contributed by atoms with Gasteiger partial charge in [-0.15, -0.1) is 0 Å². The molecule has 17 heavy (non-hydrogen) atoms. The number of nitrogens with one attached hydrogen (secondary N) is 1. The molecule has 1 saturated carbocycles. The summed E-state index contributed by atoms with van der Waals surface area (Å²) in [6.45, 7) is 1.13. The van der Waals surface area contributed by atoms with Crippen molar-refractivity contribution in [3.05, 3.63) is 0 Å². The van der Waals surface area contributed by atoms with Crippen LogP contribution in [0, 0.1) is 16.7 Å². The van der Waals surface area contributed by atoms with Crippen LogP contribution in [0.15, 0.2) is 0 Å². The number of hydrogen-bond donors (Lipinski definition) is 3. The smallest absolute Gasteiger partial charge is 0.241 e. The summed E-state index contributed by atoms with van der Waals surface area (Å²) in [7, 11) is 0. The van der Waals surface area contributed by atoms with Gasteiger partial charge in [0.1, 0.15) is 5.41 Å². The average Bonchev–Trinajstić information content (AvgIpc) is 2.86. The summed E-state index contributed by atoms with van der Waals surface area (Å²) in [6, 6.07) is 2.10. The van der Waals surface area contributed by atoms with Gasteiger partial charge in [0.25, 0.3) is 0 Å². The highest BCUT2D eigenvalue weighted by Crippen LogP contribution is 2.38. The van der Waals surface area contributed by atoms with Crippen LogP contribution >= 0.6 is 0 Å². The summed E-state index contributed by atoms with van der Waals surface area (Å²) < 4.78 is 0. The Morgan fingerprint density at radius 2 is 1.94 bits per heavy atom. The van der Waals surface area contributed by atoms with Crippen LogP contribution in [0.1, 0.15) is 39.0 Å². The van der Waals surface area contributed by atoms with Crippen molar-refractivity contribution >= 4 is 5.91 Å². The monoisotopic (exact) mass is 240 g/mol. The summed E-state index contributed by atoms with van der Waals surface area (Å²) >= 11 is 0. The molecule has 3 N–H and O–H groups in total. The van der Waals surface area contributed by atoms with Crippen LogP contribution in [0.4, 0.5) is 0 Å². The minimum absolute atomic E-state index is 0.326. The van der Waals surface area contributed by atoms with E-state index in [9.17, 15) is 15.0 Å². The Balaban J connectivity index is 2.80. The Bertz CT molecular complexity index is 304.